The highest BCUT2D eigenvalue weighted by molar-refractivity contribution is 7.10. The number of hydrogen-bond acceptors (Lipinski definition) is 4. The smallest absolute Gasteiger partial charge is 0.309 e. The van der Waals surface area contributed by atoms with Crippen molar-refractivity contribution in [1.29, 1.82) is 0 Å². The Morgan fingerprint density at radius 3 is 2.76 bits per heavy atom. The summed E-state index contributed by atoms with van der Waals surface area (Å²) in [5.41, 5.74) is 0. The van der Waals surface area contributed by atoms with Crippen molar-refractivity contribution in [2.45, 2.75) is 25.8 Å². The van der Waals surface area contributed by atoms with Crippen LogP contribution in [0.1, 0.15) is 30.7 Å². The Balaban J connectivity index is 1.73. The molecule has 6 heteroatoms. The molecule has 0 bridgehead atoms. The average molecular weight is 311 g/mol. The molecule has 1 fully saturated rings. The molecule has 1 aromatic rings. The topological polar surface area (TPSA) is 59.8 Å². The number of carbonyl (C=O) groups excluding carboxylic acids is 2. The van der Waals surface area contributed by atoms with Gasteiger partial charge in [0.05, 0.1) is 32.2 Å². The minimum atomic E-state index is -0.121. The third kappa shape index (κ3) is 4.54. The fraction of sp³-hybridized carbons (Fsp3) is 0.600. The summed E-state index contributed by atoms with van der Waals surface area (Å²) in [5, 5.41) is 5.05. The number of thiophene rings is 1. The second-order valence-corrected chi connectivity index (χ2v) is 6.51. The largest absolute Gasteiger partial charge is 0.469 e. The van der Waals surface area contributed by atoms with Gasteiger partial charge in [0.2, 0.25) is 0 Å². The molecule has 116 valence electrons. The molecule has 0 aromatic carbocycles. The number of piperidine rings is 1. The minimum absolute atomic E-state index is 0.00635. The monoisotopic (exact) mass is 311 g/mol. The number of ether oxygens (including phenoxy) is 1. The van der Waals surface area contributed by atoms with Gasteiger partial charge in [-0.15, -0.1) is 11.3 Å². The fourth-order valence-electron chi connectivity index (χ4n) is 2.73. The van der Waals surface area contributed by atoms with Gasteiger partial charge in [-0.05, 0) is 18.4 Å². The van der Waals surface area contributed by atoms with Gasteiger partial charge in [-0.2, -0.15) is 0 Å². The summed E-state index contributed by atoms with van der Waals surface area (Å²) < 4.78 is 4.77. The quantitative estimate of drug-likeness (QED) is 0.774. The number of methoxy groups -OCH3 is 1. The van der Waals surface area contributed by atoms with E-state index in [2.05, 4.69) is 5.32 Å². The number of quaternary nitrogens is 1. The molecule has 2 rings (SSSR count). The van der Waals surface area contributed by atoms with Crippen LogP contribution in [0.5, 0.6) is 0 Å². The van der Waals surface area contributed by atoms with Gasteiger partial charge in [0, 0.05) is 17.7 Å². The lowest BCUT2D eigenvalue weighted by Gasteiger charge is -2.27. The summed E-state index contributed by atoms with van der Waals surface area (Å²) in [7, 11) is 1.43. The van der Waals surface area contributed by atoms with Crippen LogP contribution in [0.25, 0.3) is 0 Å². The van der Waals surface area contributed by atoms with Gasteiger partial charge in [0.25, 0.3) is 5.91 Å². The predicted octanol–water partition coefficient (Wildman–Crippen LogP) is 0.393. The first kappa shape index (κ1) is 16.0. The molecule has 21 heavy (non-hydrogen) atoms. The second-order valence-electron chi connectivity index (χ2n) is 5.53. The zero-order valence-electron chi connectivity index (χ0n) is 12.6. The van der Waals surface area contributed by atoms with Gasteiger partial charge in [0.15, 0.2) is 6.54 Å². The van der Waals surface area contributed by atoms with Gasteiger partial charge in [-0.1, -0.05) is 6.07 Å². The maximum absolute atomic E-state index is 12.1. The van der Waals surface area contributed by atoms with E-state index in [-0.39, 0.29) is 23.8 Å². The standard InChI is InChI=1S/C15H22N2O3S/c1-11(13-4-3-9-21-13)16-14(18)10-17-7-5-12(6-8-17)15(19)20-2/h3-4,9,11-12H,5-8,10H2,1-2H3,(H,16,18)/p+1/t11-/m1/s1. The summed E-state index contributed by atoms with van der Waals surface area (Å²) in [6.07, 6.45) is 1.60. The van der Waals surface area contributed by atoms with Crippen LogP contribution in [0, 0.1) is 5.92 Å². The maximum atomic E-state index is 12.1. The summed E-state index contributed by atoms with van der Waals surface area (Å²) >= 11 is 1.65. The highest BCUT2D eigenvalue weighted by atomic mass is 32.1. The number of hydrogen-bond donors (Lipinski definition) is 2. The normalized spacial score (nSPS) is 23.3. The van der Waals surface area contributed by atoms with Crippen molar-refractivity contribution in [3.63, 3.8) is 0 Å². The number of carbonyl (C=O) groups is 2. The molecular weight excluding hydrogens is 288 g/mol. The van der Waals surface area contributed by atoms with Crippen LogP contribution < -0.4 is 10.2 Å². The van der Waals surface area contributed by atoms with Crippen LogP contribution in [0.15, 0.2) is 17.5 Å². The van der Waals surface area contributed by atoms with E-state index < -0.39 is 0 Å². The Kier molecular flexibility index (Phi) is 5.76. The summed E-state index contributed by atoms with van der Waals surface area (Å²) in [6.45, 7) is 4.17. The molecule has 0 unspecified atom stereocenters. The summed E-state index contributed by atoms with van der Waals surface area (Å²) in [6, 6.07) is 4.08. The van der Waals surface area contributed by atoms with Crippen molar-refractivity contribution in [1.82, 2.24) is 5.32 Å². The minimum Gasteiger partial charge on any atom is -0.469 e. The molecule has 1 saturated heterocycles. The van der Waals surface area contributed by atoms with Gasteiger partial charge in [0.1, 0.15) is 0 Å². The van der Waals surface area contributed by atoms with Crippen LogP contribution in [-0.4, -0.2) is 38.6 Å². The molecule has 5 nitrogen and oxygen atoms in total. The molecule has 1 amide bonds. The lowest BCUT2D eigenvalue weighted by molar-refractivity contribution is -0.897. The molecule has 0 aliphatic carbocycles. The Morgan fingerprint density at radius 2 is 2.19 bits per heavy atom. The van der Waals surface area contributed by atoms with E-state index in [1.165, 1.54) is 16.9 Å². The molecule has 0 spiro atoms. The molecule has 1 aromatic heterocycles. The Morgan fingerprint density at radius 1 is 1.48 bits per heavy atom. The molecule has 2 heterocycles. The first-order valence-corrected chi connectivity index (χ1v) is 8.22. The van der Waals surface area contributed by atoms with Crippen LogP contribution >= 0.6 is 11.3 Å². The van der Waals surface area contributed by atoms with Gasteiger partial charge in [-0.25, -0.2) is 0 Å². The third-order valence-electron chi connectivity index (χ3n) is 3.99. The summed E-state index contributed by atoms with van der Waals surface area (Å²) in [4.78, 5) is 25.9. The molecule has 1 aliphatic heterocycles. The van der Waals surface area contributed by atoms with Crippen molar-refractivity contribution in [3.8, 4) is 0 Å². The summed E-state index contributed by atoms with van der Waals surface area (Å²) in [5.74, 6) is -0.0425. The molecule has 0 saturated carbocycles. The van der Waals surface area contributed by atoms with Crippen molar-refractivity contribution in [3.05, 3.63) is 22.4 Å². The highest BCUT2D eigenvalue weighted by Crippen LogP contribution is 2.17. The predicted molar refractivity (Wildman–Crippen MR) is 81.2 cm³/mol. The first-order chi connectivity index (χ1) is 10.1. The van der Waals surface area contributed by atoms with Crippen molar-refractivity contribution >= 4 is 23.2 Å². The lowest BCUT2D eigenvalue weighted by Crippen LogP contribution is -3.14. The number of esters is 1. The zero-order chi connectivity index (χ0) is 15.2. The van der Waals surface area contributed by atoms with Gasteiger partial charge in [-0.3, -0.25) is 9.59 Å². The number of amides is 1. The van der Waals surface area contributed by atoms with Gasteiger partial charge < -0.3 is 15.0 Å². The number of nitrogens with one attached hydrogen (secondary N) is 2. The SMILES string of the molecule is COC(=O)C1CC[NH+](CC(=O)N[C@H](C)c2cccs2)CC1. The number of likely N-dealkylation sites (tertiary alicyclic amines) is 1. The molecule has 2 N–H and O–H groups in total. The molecule has 0 radical (unpaired) electrons. The maximum Gasteiger partial charge on any atom is 0.309 e. The van der Waals surface area contributed by atoms with E-state index in [1.807, 2.05) is 24.4 Å². The lowest BCUT2D eigenvalue weighted by atomic mass is 9.97. The highest BCUT2D eigenvalue weighted by Gasteiger charge is 2.29. The Labute approximate surface area is 129 Å². The van der Waals surface area contributed by atoms with E-state index in [0.717, 1.165) is 25.9 Å². The van der Waals surface area contributed by atoms with Crippen LogP contribution in [-0.2, 0) is 14.3 Å². The van der Waals surface area contributed by atoms with E-state index in [4.69, 9.17) is 4.74 Å². The second kappa shape index (κ2) is 7.56. The van der Waals surface area contributed by atoms with E-state index >= 15 is 0 Å². The van der Waals surface area contributed by atoms with Crippen LogP contribution in [0.3, 0.4) is 0 Å². The van der Waals surface area contributed by atoms with E-state index in [1.54, 1.807) is 11.3 Å². The van der Waals surface area contributed by atoms with Crippen molar-refractivity contribution < 1.29 is 19.2 Å². The molecular formula is C15H23N2O3S+. The van der Waals surface area contributed by atoms with Gasteiger partial charge >= 0.3 is 5.97 Å². The van der Waals surface area contributed by atoms with Crippen LogP contribution in [0.2, 0.25) is 0 Å². The number of rotatable bonds is 5. The molecule has 1 aliphatic rings. The molecule has 1 atom stereocenters. The zero-order valence-corrected chi connectivity index (χ0v) is 13.4. The average Bonchev–Trinajstić information content (AvgIpc) is 3.01. The Hall–Kier alpha value is -1.40. The fourth-order valence-corrected chi connectivity index (χ4v) is 3.47. The Bertz CT molecular complexity index is 467. The van der Waals surface area contributed by atoms with E-state index in [9.17, 15) is 9.59 Å². The van der Waals surface area contributed by atoms with Crippen molar-refractivity contribution in [2.75, 3.05) is 26.7 Å². The third-order valence-corrected chi connectivity index (χ3v) is 5.04. The van der Waals surface area contributed by atoms with Crippen LogP contribution in [0.4, 0.5) is 0 Å². The van der Waals surface area contributed by atoms with E-state index in [0.29, 0.717) is 6.54 Å². The van der Waals surface area contributed by atoms with Crippen molar-refractivity contribution in [2.24, 2.45) is 5.92 Å². The first-order valence-electron chi connectivity index (χ1n) is 7.34.